The van der Waals surface area contributed by atoms with E-state index in [1.165, 1.54) is 58.3 Å². The molecule has 15 rings (SSSR count). The third-order valence-electron chi connectivity index (χ3n) is 17.9. The normalized spacial score (nSPS) is 21.2. The number of thiazole rings is 3. The summed E-state index contributed by atoms with van der Waals surface area (Å²) < 4.78 is 59.7. The van der Waals surface area contributed by atoms with E-state index in [1.54, 1.807) is 37.9 Å². The number of halogens is 3. The van der Waals surface area contributed by atoms with Gasteiger partial charge in [0.15, 0.2) is 17.5 Å². The Kier molecular flexibility index (Phi) is 18.2. The number of aromatic nitrogens is 12. The number of hydrogen-bond acceptors (Lipinski definition) is 24. The summed E-state index contributed by atoms with van der Waals surface area (Å²) in [7, 11) is 5.16. The van der Waals surface area contributed by atoms with Crippen LogP contribution in [0.4, 0.5) is 47.8 Å². The van der Waals surface area contributed by atoms with E-state index < -0.39 is 11.9 Å². The molecule has 6 aliphatic heterocycles. The highest BCUT2D eigenvalue weighted by Crippen LogP contribution is 2.39. The van der Waals surface area contributed by atoms with Crippen LogP contribution in [0.15, 0.2) is 87.7 Å². The van der Waals surface area contributed by atoms with Crippen molar-refractivity contribution in [1.82, 2.24) is 59.8 Å². The Morgan fingerprint density at radius 2 is 0.789 bits per heavy atom. The predicted octanol–water partition coefficient (Wildman–Crippen LogP) is 10.4. The van der Waals surface area contributed by atoms with Gasteiger partial charge in [-0.3, -0.25) is 0 Å². The minimum Gasteiger partial charge on any atom is -0.380 e. The van der Waals surface area contributed by atoms with E-state index in [0.717, 1.165) is 160 Å². The molecule has 6 atom stereocenters. The molecule has 9 aromatic rings. The first kappa shape index (κ1) is 60.9. The van der Waals surface area contributed by atoms with Crippen molar-refractivity contribution in [3.63, 3.8) is 0 Å². The number of nitrogens with zero attached hydrogens (tertiary/aromatic N) is 18. The van der Waals surface area contributed by atoms with Crippen molar-refractivity contribution in [1.29, 1.82) is 0 Å². The molecule has 90 heavy (non-hydrogen) atoms. The minimum absolute atomic E-state index is 0.00526. The maximum atomic E-state index is 14.5. The van der Waals surface area contributed by atoms with Crippen molar-refractivity contribution in [2.75, 3.05) is 110 Å². The zero-order valence-electron chi connectivity index (χ0n) is 50.9. The molecule has 0 amide bonds. The molecule has 0 aliphatic carbocycles. The molecule has 0 radical (unpaired) electrons. The second-order valence-electron chi connectivity index (χ2n) is 23.1. The predicted molar refractivity (Wildman–Crippen MR) is 343 cm³/mol. The Labute approximate surface area is 532 Å². The maximum absolute atomic E-state index is 14.5. The fourth-order valence-electron chi connectivity index (χ4n) is 12.8. The van der Waals surface area contributed by atoms with Crippen LogP contribution >= 0.6 is 34.0 Å². The molecule has 0 spiro atoms. The molecule has 9 aromatic heterocycles. The molecule has 0 saturated carbocycles. The van der Waals surface area contributed by atoms with Gasteiger partial charge in [-0.15, -0.1) is 34.0 Å². The first-order chi connectivity index (χ1) is 43.9. The average Bonchev–Trinajstić information content (AvgIpc) is 1.12. The van der Waals surface area contributed by atoms with Crippen molar-refractivity contribution in [2.24, 2.45) is 0 Å². The molecular weight excluding hydrogens is 1210 g/mol. The Balaban J connectivity index is 0.000000124. The lowest BCUT2D eigenvalue weighted by Crippen LogP contribution is -2.36. The number of pyridine rings is 3. The Hall–Kier alpha value is -7.95. The highest BCUT2D eigenvalue weighted by Gasteiger charge is 2.34. The van der Waals surface area contributed by atoms with Crippen LogP contribution in [0.2, 0.25) is 0 Å². The van der Waals surface area contributed by atoms with E-state index in [9.17, 15) is 13.2 Å². The van der Waals surface area contributed by atoms with Crippen molar-refractivity contribution in [3.8, 4) is 34.6 Å². The van der Waals surface area contributed by atoms with E-state index in [-0.39, 0.29) is 42.3 Å². The van der Waals surface area contributed by atoms with Crippen molar-refractivity contribution in [2.45, 2.75) is 95.7 Å². The fourth-order valence-corrected chi connectivity index (χ4v) is 14.4. The summed E-state index contributed by atoms with van der Waals surface area (Å²) in [6, 6.07) is 10.1. The zero-order chi connectivity index (χ0) is 62.0. The number of methoxy groups -OCH3 is 3. The third kappa shape index (κ3) is 13.0. The van der Waals surface area contributed by atoms with Crippen molar-refractivity contribution in [3.05, 3.63) is 139 Å². The summed E-state index contributed by atoms with van der Waals surface area (Å²) in [5, 5.41) is 5.85. The van der Waals surface area contributed by atoms with Crippen LogP contribution in [0, 0.1) is 17.7 Å². The van der Waals surface area contributed by atoms with Gasteiger partial charge in [-0.05, 0) is 40.0 Å². The molecule has 468 valence electrons. The highest BCUT2D eigenvalue weighted by atomic mass is 32.1. The standard InChI is InChI=1S/3C21H23FN6OS/c1-13-16-9-23-21(18-11-30-12-24-18)25-17(16)4-6-28(13)14-7-19(22)26-20(8-14)27-5-3-15(10-27)29-2;1-13-16-9-23-21(18-11-30-12-24-18)25-17(16)4-6-28(13)20-8-14(7-19(22)26-20)27-5-3-15(10-27)29-2;1-13-16-9-23-21(18-11-30-12-24-18)25-17(16)4-6-28(13)20-8-14(22)7-19(26-20)27-5-3-15(10-27)29-2/h3*7-9,11-13,15H,3-6,10H2,1-2H3. The lowest BCUT2D eigenvalue weighted by atomic mass is 9.99. The van der Waals surface area contributed by atoms with Gasteiger partial charge >= 0.3 is 0 Å². The fraction of sp³-hybridized carbons (Fsp3) is 0.429. The van der Waals surface area contributed by atoms with Crippen LogP contribution in [-0.4, -0.2) is 158 Å². The molecule has 21 nitrogen and oxygen atoms in total. The van der Waals surface area contributed by atoms with Gasteiger partial charge in [-0.2, -0.15) is 8.78 Å². The molecule has 3 saturated heterocycles. The van der Waals surface area contributed by atoms with Gasteiger partial charge in [0.05, 0.1) is 70.1 Å². The summed E-state index contributed by atoms with van der Waals surface area (Å²) in [4.78, 5) is 66.6. The smallest absolute Gasteiger partial charge is 0.216 e. The average molecular weight is 1280 g/mol. The van der Waals surface area contributed by atoms with E-state index in [4.69, 9.17) is 34.1 Å². The van der Waals surface area contributed by atoms with Crippen LogP contribution in [-0.2, 0) is 33.5 Å². The molecule has 3 fully saturated rings. The van der Waals surface area contributed by atoms with E-state index in [0.29, 0.717) is 40.7 Å². The largest absolute Gasteiger partial charge is 0.380 e. The number of hydrogen-bond donors (Lipinski definition) is 0. The highest BCUT2D eigenvalue weighted by molar-refractivity contribution is 7.08. The number of anilines is 6. The van der Waals surface area contributed by atoms with Crippen LogP contribution in [0.25, 0.3) is 34.6 Å². The van der Waals surface area contributed by atoms with Crippen molar-refractivity contribution >= 4 is 68.7 Å². The topological polar surface area (TPSA) is 202 Å². The summed E-state index contributed by atoms with van der Waals surface area (Å²) >= 11 is 4.59. The quantitative estimate of drug-likeness (QED) is 0.104. The van der Waals surface area contributed by atoms with Gasteiger partial charge in [-0.25, -0.2) is 64.2 Å². The molecule has 27 heteroatoms. The van der Waals surface area contributed by atoms with Crippen LogP contribution in [0.3, 0.4) is 0 Å². The Bertz CT molecular complexity index is 3540. The molecule has 6 unspecified atom stereocenters. The molecule has 0 aromatic carbocycles. The van der Waals surface area contributed by atoms with E-state index >= 15 is 0 Å². The van der Waals surface area contributed by atoms with Crippen molar-refractivity contribution < 1.29 is 27.4 Å². The van der Waals surface area contributed by atoms with Crippen LogP contribution in [0.1, 0.15) is 91.9 Å². The molecule has 0 N–H and O–H groups in total. The Morgan fingerprint density at radius 3 is 1.23 bits per heavy atom. The molecule has 6 aliphatic rings. The maximum Gasteiger partial charge on any atom is 0.216 e. The van der Waals surface area contributed by atoms with Gasteiger partial charge < -0.3 is 43.6 Å². The lowest BCUT2D eigenvalue weighted by molar-refractivity contribution is 0.121. The second-order valence-corrected chi connectivity index (χ2v) is 25.2. The third-order valence-corrected chi connectivity index (χ3v) is 19.6. The van der Waals surface area contributed by atoms with Crippen LogP contribution in [0.5, 0.6) is 0 Å². The summed E-state index contributed by atoms with van der Waals surface area (Å²) in [5.74, 6) is 3.40. The summed E-state index contributed by atoms with van der Waals surface area (Å²) in [6.07, 6.45) is 11.2. The summed E-state index contributed by atoms with van der Waals surface area (Å²) in [6.45, 7) is 13.2. The zero-order valence-corrected chi connectivity index (χ0v) is 53.3. The monoisotopic (exact) mass is 1280 g/mol. The first-order valence-electron chi connectivity index (χ1n) is 30.3. The molecule has 0 bridgehead atoms. The van der Waals surface area contributed by atoms with E-state index in [1.807, 2.05) is 46.9 Å². The minimum atomic E-state index is -0.462. The lowest BCUT2D eigenvalue weighted by Gasteiger charge is -2.36. The number of ether oxygens (including phenoxy) is 3. The van der Waals surface area contributed by atoms with Crippen LogP contribution < -0.4 is 29.4 Å². The van der Waals surface area contributed by atoms with Gasteiger partial charge in [0.2, 0.25) is 11.9 Å². The van der Waals surface area contributed by atoms with Gasteiger partial charge in [0.1, 0.15) is 46.2 Å². The summed E-state index contributed by atoms with van der Waals surface area (Å²) in [5.41, 5.74) is 15.7. The number of rotatable bonds is 12. The molecular formula is C63H69F3N18O3S3. The first-order valence-corrected chi connectivity index (χ1v) is 33.1. The molecule has 15 heterocycles. The van der Waals surface area contributed by atoms with Gasteiger partial charge in [-0.1, -0.05) is 0 Å². The van der Waals surface area contributed by atoms with Gasteiger partial charge in [0.25, 0.3) is 0 Å². The Morgan fingerprint density at radius 1 is 0.411 bits per heavy atom. The second kappa shape index (κ2) is 26.9. The SMILES string of the molecule is COC1CCN(c2cc(F)cc(N3CCc4nc(-c5cscn5)ncc4C3C)n2)C1.COC1CCN(c2cc(F)nc(N3CCc4nc(-c5cscn5)ncc4C3C)c2)C1.COC1CCN(c2cc(N3CCc4nc(-c5cscn5)ncc4C3C)cc(F)n2)C1. The van der Waals surface area contributed by atoms with Gasteiger partial charge in [0, 0.05) is 199 Å². The van der Waals surface area contributed by atoms with E-state index in [2.05, 4.69) is 90.0 Å². The number of fused-ring (bicyclic) bond motifs is 3.